The molecule has 1 aromatic heterocycles. The van der Waals surface area contributed by atoms with Gasteiger partial charge in [0.2, 0.25) is 0 Å². The molecule has 0 saturated heterocycles. The summed E-state index contributed by atoms with van der Waals surface area (Å²) in [6.45, 7) is 0. The van der Waals surface area contributed by atoms with Gasteiger partial charge in [-0.3, -0.25) is 0 Å². The van der Waals surface area contributed by atoms with Crippen molar-refractivity contribution in [1.82, 2.24) is 9.97 Å². The van der Waals surface area contributed by atoms with Crippen molar-refractivity contribution < 1.29 is 0 Å². The van der Waals surface area contributed by atoms with E-state index in [0.717, 1.165) is 18.0 Å². The first-order valence-electron chi connectivity index (χ1n) is 5.81. The molecular weight excluding hydrogens is 208 g/mol. The molecule has 0 aliphatic heterocycles. The molecule has 0 radical (unpaired) electrons. The van der Waals surface area contributed by atoms with Crippen molar-refractivity contribution in [3.8, 4) is 0 Å². The van der Waals surface area contributed by atoms with Gasteiger partial charge in [-0.15, -0.1) is 0 Å². The van der Waals surface area contributed by atoms with Crippen LogP contribution in [0.4, 0.5) is 0 Å². The summed E-state index contributed by atoms with van der Waals surface area (Å²) in [7, 11) is 0. The van der Waals surface area contributed by atoms with Gasteiger partial charge >= 0.3 is 0 Å². The number of hydrogen-bond donors (Lipinski definition) is 0. The number of aryl methyl sites for hydroxylation is 1. The van der Waals surface area contributed by atoms with Gasteiger partial charge in [-0.25, -0.2) is 9.97 Å². The second-order valence-electron chi connectivity index (χ2n) is 4.37. The van der Waals surface area contributed by atoms with E-state index in [1.165, 1.54) is 38.5 Å². The zero-order chi connectivity index (χ0) is 10.5. The van der Waals surface area contributed by atoms with Gasteiger partial charge in [0.05, 0.1) is 0 Å². The Morgan fingerprint density at radius 3 is 2.73 bits per heavy atom. The summed E-state index contributed by atoms with van der Waals surface area (Å²) in [5.41, 5.74) is 1.08. The summed E-state index contributed by atoms with van der Waals surface area (Å²) < 4.78 is 0. The molecule has 0 N–H and O–H groups in total. The van der Waals surface area contributed by atoms with Gasteiger partial charge in [0.1, 0.15) is 11.5 Å². The second kappa shape index (κ2) is 5.45. The predicted octanol–water partition coefficient (Wildman–Crippen LogP) is 3.64. The SMILES string of the molecule is Clc1cc(CCC2CCCCC2)ncn1. The molecule has 0 aromatic carbocycles. The quantitative estimate of drug-likeness (QED) is 0.733. The summed E-state index contributed by atoms with van der Waals surface area (Å²) in [6.07, 6.45) is 10.9. The number of hydrogen-bond acceptors (Lipinski definition) is 2. The fraction of sp³-hybridized carbons (Fsp3) is 0.667. The third-order valence-corrected chi connectivity index (χ3v) is 3.43. The van der Waals surface area contributed by atoms with E-state index in [9.17, 15) is 0 Å². The highest BCUT2D eigenvalue weighted by Gasteiger charge is 2.13. The lowest BCUT2D eigenvalue weighted by molar-refractivity contribution is 0.338. The summed E-state index contributed by atoms with van der Waals surface area (Å²) in [4.78, 5) is 8.12. The largest absolute Gasteiger partial charge is 0.241 e. The standard InChI is InChI=1S/C12H17ClN2/c13-12-8-11(14-9-15-12)7-6-10-4-2-1-3-5-10/h8-10H,1-7H2. The topological polar surface area (TPSA) is 25.8 Å². The molecule has 1 heterocycles. The minimum absolute atomic E-state index is 0.559. The van der Waals surface area contributed by atoms with Gasteiger partial charge in [0, 0.05) is 5.69 Å². The summed E-state index contributed by atoms with van der Waals surface area (Å²) in [5.74, 6) is 0.910. The van der Waals surface area contributed by atoms with Crippen molar-refractivity contribution in [1.29, 1.82) is 0 Å². The zero-order valence-corrected chi connectivity index (χ0v) is 9.71. The fourth-order valence-electron chi connectivity index (χ4n) is 2.33. The lowest BCUT2D eigenvalue weighted by Crippen LogP contribution is -2.07. The molecule has 82 valence electrons. The van der Waals surface area contributed by atoms with Crippen molar-refractivity contribution in [3.05, 3.63) is 23.2 Å². The van der Waals surface area contributed by atoms with Gasteiger partial charge in [-0.2, -0.15) is 0 Å². The highest BCUT2D eigenvalue weighted by molar-refractivity contribution is 6.29. The molecule has 1 aromatic rings. The number of nitrogens with zero attached hydrogens (tertiary/aromatic N) is 2. The molecule has 0 bridgehead atoms. The third-order valence-electron chi connectivity index (χ3n) is 3.22. The average Bonchev–Trinajstić information content (AvgIpc) is 2.28. The average molecular weight is 225 g/mol. The van der Waals surface area contributed by atoms with Crippen LogP contribution in [0.1, 0.15) is 44.2 Å². The van der Waals surface area contributed by atoms with E-state index in [1.807, 2.05) is 6.07 Å². The highest BCUT2D eigenvalue weighted by atomic mass is 35.5. The van der Waals surface area contributed by atoms with Crippen LogP contribution in [0.15, 0.2) is 12.4 Å². The van der Waals surface area contributed by atoms with Gasteiger partial charge in [0.15, 0.2) is 0 Å². The Hall–Kier alpha value is -0.630. The van der Waals surface area contributed by atoms with E-state index in [-0.39, 0.29) is 0 Å². The van der Waals surface area contributed by atoms with Crippen LogP contribution in [0, 0.1) is 5.92 Å². The molecule has 1 aliphatic rings. The first-order valence-corrected chi connectivity index (χ1v) is 6.19. The Morgan fingerprint density at radius 2 is 2.00 bits per heavy atom. The van der Waals surface area contributed by atoms with Crippen LogP contribution >= 0.6 is 11.6 Å². The Labute approximate surface area is 96.1 Å². The van der Waals surface area contributed by atoms with Gasteiger partial charge in [-0.05, 0) is 24.8 Å². The molecule has 0 spiro atoms. The maximum absolute atomic E-state index is 5.82. The predicted molar refractivity (Wildman–Crippen MR) is 61.9 cm³/mol. The van der Waals surface area contributed by atoms with E-state index in [2.05, 4.69) is 9.97 Å². The van der Waals surface area contributed by atoms with E-state index < -0.39 is 0 Å². The third kappa shape index (κ3) is 3.45. The molecule has 0 atom stereocenters. The minimum atomic E-state index is 0.559. The van der Waals surface area contributed by atoms with Crippen LogP contribution in [-0.4, -0.2) is 9.97 Å². The monoisotopic (exact) mass is 224 g/mol. The number of aromatic nitrogens is 2. The molecule has 2 nitrogen and oxygen atoms in total. The van der Waals surface area contributed by atoms with Gasteiger partial charge in [-0.1, -0.05) is 43.7 Å². The molecule has 15 heavy (non-hydrogen) atoms. The van der Waals surface area contributed by atoms with E-state index >= 15 is 0 Å². The molecule has 2 rings (SSSR count). The first kappa shape index (κ1) is 10.9. The summed E-state index contributed by atoms with van der Waals surface area (Å²) in [6, 6.07) is 1.88. The fourth-order valence-corrected chi connectivity index (χ4v) is 2.50. The Kier molecular flexibility index (Phi) is 3.95. The van der Waals surface area contributed by atoms with Crippen LogP contribution in [-0.2, 0) is 6.42 Å². The van der Waals surface area contributed by atoms with Crippen LogP contribution in [0.3, 0.4) is 0 Å². The molecule has 1 aliphatic carbocycles. The molecule has 0 unspecified atom stereocenters. The lowest BCUT2D eigenvalue weighted by atomic mass is 9.86. The maximum atomic E-state index is 5.82. The van der Waals surface area contributed by atoms with Gasteiger partial charge < -0.3 is 0 Å². The Balaban J connectivity index is 1.81. The molecule has 0 amide bonds. The van der Waals surface area contributed by atoms with Crippen LogP contribution in [0.5, 0.6) is 0 Å². The van der Waals surface area contributed by atoms with Crippen molar-refractivity contribution in [2.45, 2.75) is 44.9 Å². The van der Waals surface area contributed by atoms with E-state index in [0.29, 0.717) is 5.15 Å². The summed E-state index contributed by atoms with van der Waals surface area (Å²) >= 11 is 5.82. The number of rotatable bonds is 3. The normalized spacial score (nSPS) is 17.9. The lowest BCUT2D eigenvalue weighted by Gasteiger charge is -2.20. The molecule has 1 fully saturated rings. The van der Waals surface area contributed by atoms with Crippen molar-refractivity contribution >= 4 is 11.6 Å². The first-order chi connectivity index (χ1) is 7.34. The van der Waals surface area contributed by atoms with Crippen molar-refractivity contribution in [3.63, 3.8) is 0 Å². The van der Waals surface area contributed by atoms with Crippen molar-refractivity contribution in [2.75, 3.05) is 0 Å². The van der Waals surface area contributed by atoms with Crippen LogP contribution < -0.4 is 0 Å². The molecular formula is C12H17ClN2. The Bertz CT molecular complexity index is 308. The van der Waals surface area contributed by atoms with Crippen LogP contribution in [0.25, 0.3) is 0 Å². The smallest absolute Gasteiger partial charge is 0.132 e. The maximum Gasteiger partial charge on any atom is 0.132 e. The van der Waals surface area contributed by atoms with E-state index in [1.54, 1.807) is 6.33 Å². The van der Waals surface area contributed by atoms with E-state index in [4.69, 9.17) is 11.6 Å². The Morgan fingerprint density at radius 1 is 1.20 bits per heavy atom. The molecule has 1 saturated carbocycles. The second-order valence-corrected chi connectivity index (χ2v) is 4.76. The van der Waals surface area contributed by atoms with Crippen LogP contribution in [0.2, 0.25) is 5.15 Å². The van der Waals surface area contributed by atoms with Gasteiger partial charge in [0.25, 0.3) is 0 Å². The minimum Gasteiger partial charge on any atom is -0.241 e. The highest BCUT2D eigenvalue weighted by Crippen LogP contribution is 2.27. The van der Waals surface area contributed by atoms with Crippen molar-refractivity contribution in [2.24, 2.45) is 5.92 Å². The number of halogens is 1. The summed E-state index contributed by atoms with van der Waals surface area (Å²) in [5, 5.41) is 0.559. The zero-order valence-electron chi connectivity index (χ0n) is 8.95. The molecule has 3 heteroatoms.